The molecule has 1 aromatic rings. The van der Waals surface area contributed by atoms with Crippen LogP contribution in [-0.2, 0) is 6.54 Å². The maximum atomic E-state index is 4.21. The third-order valence-electron chi connectivity index (χ3n) is 2.65. The average molecular weight is 440 g/mol. The lowest BCUT2D eigenvalue weighted by Gasteiger charge is -2.14. The van der Waals surface area contributed by atoms with Crippen molar-refractivity contribution in [3.05, 3.63) is 33.8 Å². The summed E-state index contributed by atoms with van der Waals surface area (Å²) in [5, 5.41) is 6.62. The van der Waals surface area contributed by atoms with Crippen LogP contribution in [0.4, 0.5) is 0 Å². The van der Waals surface area contributed by atoms with Crippen LogP contribution in [0.1, 0.15) is 25.0 Å². The van der Waals surface area contributed by atoms with Crippen molar-refractivity contribution in [2.45, 2.75) is 27.3 Å². The summed E-state index contributed by atoms with van der Waals surface area (Å²) in [6.45, 7) is 8.19. The maximum absolute atomic E-state index is 4.21. The summed E-state index contributed by atoms with van der Waals surface area (Å²) < 4.78 is 1.12. The molecule has 5 heteroatoms. The topological polar surface area (TPSA) is 36.4 Å². The SMILES string of the molecule is CN=C(NCc1ccc(Br)cc1C)NCC(C)C.I. The molecule has 108 valence electrons. The van der Waals surface area contributed by atoms with Crippen molar-refractivity contribution in [1.29, 1.82) is 0 Å². The van der Waals surface area contributed by atoms with E-state index in [9.17, 15) is 0 Å². The predicted octanol–water partition coefficient (Wildman–Crippen LogP) is 3.70. The number of benzene rings is 1. The highest BCUT2D eigenvalue weighted by atomic mass is 127. The van der Waals surface area contributed by atoms with Crippen LogP contribution in [0.5, 0.6) is 0 Å². The van der Waals surface area contributed by atoms with Gasteiger partial charge in [-0.05, 0) is 36.1 Å². The number of nitrogens with zero attached hydrogens (tertiary/aromatic N) is 1. The molecule has 0 aliphatic carbocycles. The van der Waals surface area contributed by atoms with Crippen molar-refractivity contribution in [3.63, 3.8) is 0 Å². The molecule has 0 aromatic heterocycles. The molecule has 2 N–H and O–H groups in total. The molecule has 0 amide bonds. The molecule has 1 rings (SSSR count). The minimum atomic E-state index is 0. The van der Waals surface area contributed by atoms with Crippen LogP contribution in [0, 0.1) is 12.8 Å². The smallest absolute Gasteiger partial charge is 0.191 e. The molecule has 0 spiro atoms. The fourth-order valence-corrected chi connectivity index (χ4v) is 2.03. The van der Waals surface area contributed by atoms with Gasteiger partial charge < -0.3 is 10.6 Å². The van der Waals surface area contributed by atoms with Gasteiger partial charge in [0.1, 0.15) is 0 Å². The van der Waals surface area contributed by atoms with E-state index in [2.05, 4.69) is 70.5 Å². The first kappa shape index (κ1) is 18.7. The molecule has 0 heterocycles. The Morgan fingerprint density at radius 1 is 1.32 bits per heavy atom. The van der Waals surface area contributed by atoms with E-state index in [4.69, 9.17) is 0 Å². The van der Waals surface area contributed by atoms with Gasteiger partial charge in [-0.25, -0.2) is 0 Å². The number of aliphatic imine (C=N–C) groups is 1. The molecule has 0 bridgehead atoms. The Labute approximate surface area is 141 Å². The van der Waals surface area contributed by atoms with Crippen LogP contribution in [0.2, 0.25) is 0 Å². The van der Waals surface area contributed by atoms with E-state index in [1.165, 1.54) is 11.1 Å². The Morgan fingerprint density at radius 3 is 2.53 bits per heavy atom. The van der Waals surface area contributed by atoms with Gasteiger partial charge in [-0.2, -0.15) is 0 Å². The number of guanidine groups is 1. The first-order valence-electron chi connectivity index (χ1n) is 6.22. The summed E-state index contributed by atoms with van der Waals surface area (Å²) in [7, 11) is 1.80. The van der Waals surface area contributed by atoms with Crippen LogP contribution >= 0.6 is 39.9 Å². The minimum Gasteiger partial charge on any atom is -0.356 e. The lowest BCUT2D eigenvalue weighted by Crippen LogP contribution is -2.38. The van der Waals surface area contributed by atoms with Crippen molar-refractivity contribution in [2.75, 3.05) is 13.6 Å². The quantitative estimate of drug-likeness (QED) is 0.426. The normalized spacial score (nSPS) is 11.2. The molecule has 3 nitrogen and oxygen atoms in total. The van der Waals surface area contributed by atoms with Crippen molar-refractivity contribution in [2.24, 2.45) is 10.9 Å². The fourth-order valence-electron chi connectivity index (χ4n) is 1.56. The van der Waals surface area contributed by atoms with Crippen LogP contribution in [0.25, 0.3) is 0 Å². The summed E-state index contributed by atoms with van der Waals surface area (Å²) >= 11 is 3.47. The van der Waals surface area contributed by atoms with Gasteiger partial charge in [-0.3, -0.25) is 4.99 Å². The molecule has 0 fully saturated rings. The van der Waals surface area contributed by atoms with E-state index < -0.39 is 0 Å². The van der Waals surface area contributed by atoms with Gasteiger partial charge in [0.05, 0.1) is 0 Å². The van der Waals surface area contributed by atoms with Crippen LogP contribution in [0.15, 0.2) is 27.7 Å². The summed E-state index contributed by atoms with van der Waals surface area (Å²) in [5.74, 6) is 1.46. The number of nitrogens with one attached hydrogen (secondary N) is 2. The summed E-state index contributed by atoms with van der Waals surface area (Å²) in [6, 6.07) is 6.32. The standard InChI is InChI=1S/C14H22BrN3.HI/c1-10(2)8-17-14(16-4)18-9-12-5-6-13(15)7-11(12)3;/h5-7,10H,8-9H2,1-4H3,(H2,16,17,18);1H. The summed E-state index contributed by atoms with van der Waals surface area (Å²) in [4.78, 5) is 4.21. The zero-order valence-electron chi connectivity index (χ0n) is 12.0. The Kier molecular flexibility index (Phi) is 9.43. The van der Waals surface area contributed by atoms with E-state index in [-0.39, 0.29) is 24.0 Å². The molecular formula is C14H23BrIN3. The molecule has 0 aliphatic heterocycles. The average Bonchev–Trinajstić information content (AvgIpc) is 2.31. The Balaban J connectivity index is 0.00000324. The minimum absolute atomic E-state index is 0. The van der Waals surface area contributed by atoms with Gasteiger partial charge >= 0.3 is 0 Å². The number of rotatable bonds is 4. The van der Waals surface area contributed by atoms with Crippen molar-refractivity contribution in [3.8, 4) is 0 Å². The lowest BCUT2D eigenvalue weighted by atomic mass is 10.1. The van der Waals surface area contributed by atoms with E-state index in [1.54, 1.807) is 7.05 Å². The molecule has 0 saturated carbocycles. The summed E-state index contributed by atoms with van der Waals surface area (Å²) in [5.41, 5.74) is 2.56. The largest absolute Gasteiger partial charge is 0.356 e. The number of aryl methyl sites for hydroxylation is 1. The van der Waals surface area contributed by atoms with E-state index in [0.717, 1.165) is 23.5 Å². The molecule has 0 radical (unpaired) electrons. The Bertz CT molecular complexity index is 419. The van der Waals surface area contributed by atoms with Gasteiger partial charge in [0.15, 0.2) is 5.96 Å². The second kappa shape index (κ2) is 9.58. The molecule has 1 aromatic carbocycles. The third kappa shape index (κ3) is 7.15. The molecule has 19 heavy (non-hydrogen) atoms. The fraction of sp³-hybridized carbons (Fsp3) is 0.500. The molecule has 0 unspecified atom stereocenters. The van der Waals surface area contributed by atoms with E-state index in [1.807, 2.05) is 0 Å². The second-order valence-electron chi connectivity index (χ2n) is 4.77. The molecule has 0 saturated heterocycles. The first-order chi connectivity index (χ1) is 8.52. The number of hydrogen-bond donors (Lipinski definition) is 2. The number of halogens is 2. The predicted molar refractivity (Wildman–Crippen MR) is 97.3 cm³/mol. The van der Waals surface area contributed by atoms with Crippen LogP contribution in [0.3, 0.4) is 0 Å². The van der Waals surface area contributed by atoms with E-state index in [0.29, 0.717) is 5.92 Å². The zero-order chi connectivity index (χ0) is 13.5. The van der Waals surface area contributed by atoms with Gasteiger partial charge in [-0.1, -0.05) is 35.8 Å². The Hall–Kier alpha value is -0.300. The van der Waals surface area contributed by atoms with Crippen molar-refractivity contribution in [1.82, 2.24) is 10.6 Å². The highest BCUT2D eigenvalue weighted by Crippen LogP contribution is 2.15. The monoisotopic (exact) mass is 439 g/mol. The highest BCUT2D eigenvalue weighted by Gasteiger charge is 2.02. The van der Waals surface area contributed by atoms with Gasteiger partial charge in [0.25, 0.3) is 0 Å². The first-order valence-corrected chi connectivity index (χ1v) is 7.01. The maximum Gasteiger partial charge on any atom is 0.191 e. The van der Waals surface area contributed by atoms with Crippen molar-refractivity contribution >= 4 is 45.9 Å². The zero-order valence-corrected chi connectivity index (χ0v) is 15.9. The lowest BCUT2D eigenvalue weighted by molar-refractivity contribution is 0.614. The van der Waals surface area contributed by atoms with Crippen LogP contribution in [-0.4, -0.2) is 19.6 Å². The summed E-state index contributed by atoms with van der Waals surface area (Å²) in [6.07, 6.45) is 0. The second-order valence-corrected chi connectivity index (χ2v) is 5.69. The molecular weight excluding hydrogens is 417 g/mol. The molecule has 0 atom stereocenters. The van der Waals surface area contributed by atoms with Gasteiger partial charge in [0, 0.05) is 24.6 Å². The Morgan fingerprint density at radius 2 is 2.00 bits per heavy atom. The molecule has 0 aliphatic rings. The van der Waals surface area contributed by atoms with Crippen molar-refractivity contribution < 1.29 is 0 Å². The van der Waals surface area contributed by atoms with E-state index >= 15 is 0 Å². The third-order valence-corrected chi connectivity index (χ3v) is 3.15. The van der Waals surface area contributed by atoms with Crippen LogP contribution < -0.4 is 10.6 Å². The van der Waals surface area contributed by atoms with Gasteiger partial charge in [0.2, 0.25) is 0 Å². The number of hydrogen-bond acceptors (Lipinski definition) is 1. The van der Waals surface area contributed by atoms with Gasteiger partial charge in [-0.15, -0.1) is 24.0 Å². The highest BCUT2D eigenvalue weighted by molar-refractivity contribution is 14.0.